The molecular weight excluding hydrogens is 507 g/mol. The fourth-order valence-electron chi connectivity index (χ4n) is 3.05. The molecule has 160 valence electrons. The minimum atomic E-state index is -0.213. The van der Waals surface area contributed by atoms with E-state index in [1.165, 1.54) is 22.7 Å². The maximum absolute atomic E-state index is 8.91. The lowest BCUT2D eigenvalue weighted by atomic mass is 10.4. The average molecular weight is 514 g/mol. The summed E-state index contributed by atoms with van der Waals surface area (Å²) >= 11 is 5.88. The van der Waals surface area contributed by atoms with E-state index in [1.54, 1.807) is 46.9 Å². The minimum absolute atomic E-state index is 0.182. The Morgan fingerprint density at radius 3 is 1.82 bits per heavy atom. The van der Waals surface area contributed by atoms with E-state index in [0.717, 1.165) is 40.5 Å². The van der Waals surface area contributed by atoms with Gasteiger partial charge >= 0.3 is 5.96 Å². The van der Waals surface area contributed by atoms with Gasteiger partial charge in [0.25, 0.3) is 5.00 Å². The number of hydrogen-bond donors (Lipinski definition) is 0. The number of hydrogen-bond acceptors (Lipinski definition) is 10. The van der Waals surface area contributed by atoms with Gasteiger partial charge in [-0.1, -0.05) is 11.3 Å². The molecular formula is C21H7N9S4. The standard InChI is InChI=1S/C21H7N9S4/c1-24-21(25-2)27-14-7-5-12(32-14)20-29-18-16(34-20)15-17(30(18)3)28-19(33-15)11-4-6-13(31-11)26-10(8-22)9-23/h4-7H,3H3. The summed E-state index contributed by atoms with van der Waals surface area (Å²) in [6.07, 6.45) is 0. The van der Waals surface area contributed by atoms with Gasteiger partial charge in [0.15, 0.2) is 11.3 Å². The number of nitrogens with zero attached hydrogens (tertiary/aromatic N) is 9. The molecule has 5 aromatic heterocycles. The van der Waals surface area contributed by atoms with Crippen molar-refractivity contribution in [3.63, 3.8) is 0 Å². The van der Waals surface area contributed by atoms with E-state index in [1.807, 2.05) is 23.7 Å². The van der Waals surface area contributed by atoms with Crippen LogP contribution in [0.2, 0.25) is 0 Å². The molecule has 5 heterocycles. The molecule has 5 aromatic rings. The zero-order valence-corrected chi connectivity index (χ0v) is 20.2. The highest BCUT2D eigenvalue weighted by Crippen LogP contribution is 2.45. The van der Waals surface area contributed by atoms with E-state index in [9.17, 15) is 0 Å². The molecule has 0 saturated heterocycles. The Balaban J connectivity index is 1.53. The predicted molar refractivity (Wildman–Crippen MR) is 137 cm³/mol. The summed E-state index contributed by atoms with van der Waals surface area (Å²) in [7, 11) is 1.93. The van der Waals surface area contributed by atoms with Crippen molar-refractivity contribution in [2.45, 2.75) is 0 Å². The smallest absolute Gasteiger partial charge is 0.312 e. The third-order valence-electron chi connectivity index (χ3n) is 4.51. The molecule has 34 heavy (non-hydrogen) atoms. The van der Waals surface area contributed by atoms with Crippen LogP contribution in [0.25, 0.3) is 50.2 Å². The summed E-state index contributed by atoms with van der Waals surface area (Å²) in [6.45, 7) is 14.0. The van der Waals surface area contributed by atoms with Crippen molar-refractivity contribution >= 4 is 87.7 Å². The van der Waals surface area contributed by atoms with Gasteiger partial charge in [-0.3, -0.25) is 0 Å². The monoisotopic (exact) mass is 513 g/mol. The van der Waals surface area contributed by atoms with Crippen LogP contribution in [-0.2, 0) is 7.05 Å². The van der Waals surface area contributed by atoms with Crippen LogP contribution >= 0.6 is 45.3 Å². The first-order chi connectivity index (χ1) is 16.5. The molecule has 0 unspecified atom stereocenters. The molecule has 0 fully saturated rings. The van der Waals surface area contributed by atoms with Gasteiger partial charge in [0, 0.05) is 18.1 Å². The second kappa shape index (κ2) is 8.60. The van der Waals surface area contributed by atoms with E-state index in [0.29, 0.717) is 10.0 Å². The normalized spacial score (nSPS) is 10.4. The molecule has 0 aromatic carbocycles. The molecule has 0 bridgehead atoms. The highest BCUT2D eigenvalue weighted by Gasteiger charge is 2.21. The van der Waals surface area contributed by atoms with Gasteiger partial charge in [-0.05, 0) is 31.3 Å². The first-order valence-electron chi connectivity index (χ1n) is 9.23. The molecule has 0 spiro atoms. The van der Waals surface area contributed by atoms with Crippen LogP contribution in [0.1, 0.15) is 0 Å². The summed E-state index contributed by atoms with van der Waals surface area (Å²) in [6, 6.07) is 10.9. The Morgan fingerprint density at radius 2 is 1.35 bits per heavy atom. The number of thiazole rings is 2. The summed E-state index contributed by atoms with van der Waals surface area (Å²) in [5.74, 6) is -0.213. The lowest BCUT2D eigenvalue weighted by molar-refractivity contribution is 0.977. The number of aryl methyl sites for hydroxylation is 1. The second-order valence-corrected chi connectivity index (χ2v) is 10.6. The van der Waals surface area contributed by atoms with Gasteiger partial charge in [0.1, 0.15) is 27.2 Å². The molecule has 0 aliphatic carbocycles. The Bertz CT molecular complexity index is 1660. The number of aliphatic imine (C=N–C) groups is 2. The predicted octanol–water partition coefficient (Wildman–Crippen LogP) is 6.65. The fourth-order valence-corrected chi connectivity index (χ4v) is 7.23. The molecule has 0 amide bonds. The van der Waals surface area contributed by atoms with Crippen molar-refractivity contribution in [1.82, 2.24) is 14.5 Å². The minimum Gasteiger partial charge on any atom is -0.312 e. The van der Waals surface area contributed by atoms with E-state index < -0.39 is 0 Å². The Labute approximate surface area is 208 Å². The van der Waals surface area contributed by atoms with Crippen molar-refractivity contribution < 1.29 is 0 Å². The first-order valence-corrected chi connectivity index (χ1v) is 12.5. The highest BCUT2D eigenvalue weighted by atomic mass is 32.1. The van der Waals surface area contributed by atoms with E-state index in [-0.39, 0.29) is 11.7 Å². The third kappa shape index (κ3) is 3.65. The zero-order valence-electron chi connectivity index (χ0n) is 17.0. The number of rotatable bonds is 4. The molecule has 0 aliphatic heterocycles. The van der Waals surface area contributed by atoms with Crippen LogP contribution in [0, 0.1) is 35.8 Å². The van der Waals surface area contributed by atoms with E-state index in [4.69, 9.17) is 33.6 Å². The van der Waals surface area contributed by atoms with E-state index >= 15 is 0 Å². The van der Waals surface area contributed by atoms with Crippen molar-refractivity contribution in [2.75, 3.05) is 0 Å². The number of aromatic nitrogens is 3. The van der Waals surface area contributed by atoms with Crippen LogP contribution in [0.5, 0.6) is 0 Å². The number of thiophene rings is 2. The summed E-state index contributed by atoms with van der Waals surface area (Å²) in [4.78, 5) is 25.7. The average Bonchev–Trinajstić information content (AvgIpc) is 3.66. The van der Waals surface area contributed by atoms with Crippen molar-refractivity contribution in [3.8, 4) is 31.9 Å². The lowest BCUT2D eigenvalue weighted by Crippen LogP contribution is -1.88. The molecule has 0 atom stereocenters. The highest BCUT2D eigenvalue weighted by molar-refractivity contribution is 7.32. The van der Waals surface area contributed by atoms with Gasteiger partial charge in [-0.2, -0.15) is 10.5 Å². The van der Waals surface area contributed by atoms with Crippen LogP contribution < -0.4 is 0 Å². The van der Waals surface area contributed by atoms with Crippen LogP contribution in [-0.4, -0.2) is 26.2 Å². The van der Waals surface area contributed by atoms with Gasteiger partial charge in [-0.15, -0.1) is 34.0 Å². The maximum atomic E-state index is 8.91. The Kier molecular flexibility index (Phi) is 5.46. The molecule has 0 N–H and O–H groups in total. The van der Waals surface area contributed by atoms with Crippen LogP contribution in [0.3, 0.4) is 0 Å². The third-order valence-corrected chi connectivity index (χ3v) is 9.06. The second-order valence-electron chi connectivity index (χ2n) is 6.50. The number of nitriles is 2. The Morgan fingerprint density at radius 1 is 0.853 bits per heavy atom. The molecule has 13 heteroatoms. The molecule has 9 nitrogen and oxygen atoms in total. The van der Waals surface area contributed by atoms with Gasteiger partial charge in [0.05, 0.1) is 19.2 Å². The quantitative estimate of drug-likeness (QED) is 0.152. The number of guanidine groups is 1. The van der Waals surface area contributed by atoms with E-state index in [2.05, 4.69) is 19.7 Å². The van der Waals surface area contributed by atoms with Gasteiger partial charge in [0.2, 0.25) is 5.71 Å². The summed E-state index contributed by atoms with van der Waals surface area (Å²) < 4.78 is 4.02. The van der Waals surface area contributed by atoms with Crippen molar-refractivity contribution in [2.24, 2.45) is 17.0 Å². The van der Waals surface area contributed by atoms with Gasteiger partial charge in [-0.25, -0.2) is 24.7 Å². The number of fused-ring (bicyclic) bond motifs is 3. The van der Waals surface area contributed by atoms with Crippen molar-refractivity contribution in [3.05, 3.63) is 47.1 Å². The van der Waals surface area contributed by atoms with Crippen LogP contribution in [0.4, 0.5) is 10.0 Å². The Hall–Kier alpha value is -4.24. The van der Waals surface area contributed by atoms with Crippen molar-refractivity contribution in [1.29, 1.82) is 10.5 Å². The van der Waals surface area contributed by atoms with Gasteiger partial charge < -0.3 is 4.57 Å². The SMILES string of the molecule is [C-]#[N+]C(=Nc1ccc(-c2nc3c(s2)c2sc(-c4ccc(N=C(C#N)C#N)s4)nc2n3C)s1)[N+]#[C-]. The summed E-state index contributed by atoms with van der Waals surface area (Å²) in [5, 5.41) is 20.7. The largest absolute Gasteiger partial charge is 0.635 e. The molecule has 5 rings (SSSR count). The molecule has 0 radical (unpaired) electrons. The van der Waals surface area contributed by atoms with Crippen LogP contribution in [0.15, 0.2) is 34.3 Å². The first kappa shape index (κ1) is 21.6. The maximum Gasteiger partial charge on any atom is 0.635 e. The lowest BCUT2D eigenvalue weighted by Gasteiger charge is -1.92. The summed E-state index contributed by atoms with van der Waals surface area (Å²) in [5.41, 5.74) is 1.49. The molecule has 0 saturated carbocycles. The molecule has 0 aliphatic rings. The topological polar surface area (TPSA) is 112 Å². The fraction of sp³-hybridized carbons (Fsp3) is 0.0476. The zero-order chi connectivity index (χ0) is 23.8.